The van der Waals surface area contributed by atoms with E-state index in [0.29, 0.717) is 42.4 Å². The van der Waals surface area contributed by atoms with Gasteiger partial charge in [0.05, 0.1) is 37.4 Å². The second-order valence-corrected chi connectivity index (χ2v) is 8.81. The highest BCUT2D eigenvalue weighted by atomic mass is 16.6. The van der Waals surface area contributed by atoms with Gasteiger partial charge in [0.2, 0.25) is 0 Å². The van der Waals surface area contributed by atoms with E-state index in [1.165, 1.54) is 25.3 Å². The van der Waals surface area contributed by atoms with Gasteiger partial charge in [-0.15, -0.1) is 0 Å². The number of hydrogen-bond donors (Lipinski definition) is 0. The lowest BCUT2D eigenvalue weighted by Crippen LogP contribution is -2.36. The van der Waals surface area contributed by atoms with Crippen LogP contribution in [0.2, 0.25) is 0 Å². The molecule has 1 heterocycles. The molecule has 2 atom stereocenters. The number of carbonyl (C=O) groups excluding carboxylic acids is 2. The maximum Gasteiger partial charge on any atom is 0.336 e. The normalized spacial score (nSPS) is 17.0. The standard InChI is InChI=1S/C28H32N2O8/c1-18-24(27(31)36-4)26(21-7-5-8-22(17-21)30(33)34)25(19(2)29-18)28(32)38-15-6-14-37-23-11-9-20(10-12-23)13-16-35-3/h5,7-12,17,24,26H,6,13-16H2,1-4H3. The third-order valence-electron chi connectivity index (χ3n) is 6.25. The van der Waals surface area contributed by atoms with Gasteiger partial charge in [-0.2, -0.15) is 0 Å². The van der Waals surface area contributed by atoms with E-state index in [1.54, 1.807) is 27.0 Å². The fourth-order valence-electron chi connectivity index (χ4n) is 4.39. The average molecular weight is 525 g/mol. The van der Waals surface area contributed by atoms with Crippen molar-refractivity contribution in [2.45, 2.75) is 32.6 Å². The van der Waals surface area contributed by atoms with Crippen molar-refractivity contribution in [3.63, 3.8) is 0 Å². The number of allylic oxidation sites excluding steroid dienone is 1. The van der Waals surface area contributed by atoms with Crippen molar-refractivity contribution in [3.8, 4) is 5.75 Å². The van der Waals surface area contributed by atoms with Gasteiger partial charge in [0.25, 0.3) is 5.69 Å². The largest absolute Gasteiger partial charge is 0.493 e. The van der Waals surface area contributed by atoms with Crippen molar-refractivity contribution in [1.29, 1.82) is 0 Å². The summed E-state index contributed by atoms with van der Waals surface area (Å²) in [5, 5.41) is 11.4. The van der Waals surface area contributed by atoms with Crippen molar-refractivity contribution in [3.05, 3.63) is 81.0 Å². The molecule has 1 aliphatic heterocycles. The number of nitro groups is 1. The molecule has 0 bridgehead atoms. The van der Waals surface area contributed by atoms with Crippen molar-refractivity contribution in [2.24, 2.45) is 10.9 Å². The van der Waals surface area contributed by atoms with Gasteiger partial charge in [-0.25, -0.2) is 4.79 Å². The highest BCUT2D eigenvalue weighted by Crippen LogP contribution is 2.40. The summed E-state index contributed by atoms with van der Waals surface area (Å²) in [6.45, 7) is 4.37. The van der Waals surface area contributed by atoms with E-state index < -0.39 is 28.7 Å². The number of aliphatic imine (C=N–C) groups is 1. The third-order valence-corrected chi connectivity index (χ3v) is 6.25. The molecule has 0 aromatic heterocycles. The maximum atomic E-state index is 13.2. The van der Waals surface area contributed by atoms with E-state index >= 15 is 0 Å². The van der Waals surface area contributed by atoms with E-state index in [4.69, 9.17) is 18.9 Å². The van der Waals surface area contributed by atoms with Crippen LogP contribution in [-0.4, -0.2) is 56.6 Å². The molecule has 3 rings (SSSR count). The summed E-state index contributed by atoms with van der Waals surface area (Å²) >= 11 is 0. The average Bonchev–Trinajstić information content (AvgIpc) is 2.91. The predicted molar refractivity (Wildman–Crippen MR) is 140 cm³/mol. The Kier molecular flexibility index (Phi) is 10.1. The van der Waals surface area contributed by atoms with Crippen LogP contribution in [0.15, 0.2) is 64.8 Å². The van der Waals surface area contributed by atoms with Gasteiger partial charge in [-0.05, 0) is 43.5 Å². The first-order valence-corrected chi connectivity index (χ1v) is 12.2. The Hall–Kier alpha value is -4.05. The topological polar surface area (TPSA) is 127 Å². The van der Waals surface area contributed by atoms with Crippen LogP contribution in [0.25, 0.3) is 0 Å². The van der Waals surface area contributed by atoms with Crippen LogP contribution in [0.4, 0.5) is 5.69 Å². The Morgan fingerprint density at radius 2 is 1.76 bits per heavy atom. The van der Waals surface area contributed by atoms with Crippen LogP contribution >= 0.6 is 0 Å². The SMILES string of the molecule is COCCc1ccc(OCCCOC(=O)C2=C(C)N=C(C)C(C(=O)OC)C2c2cccc([N+](=O)[O-])c2)cc1. The first kappa shape index (κ1) is 28.5. The monoisotopic (exact) mass is 524 g/mol. The number of non-ortho nitro benzene ring substituents is 1. The summed E-state index contributed by atoms with van der Waals surface area (Å²) in [7, 11) is 2.91. The van der Waals surface area contributed by atoms with E-state index in [1.807, 2.05) is 24.3 Å². The van der Waals surface area contributed by atoms with Crippen LogP contribution in [0, 0.1) is 16.0 Å². The van der Waals surface area contributed by atoms with Crippen LogP contribution in [0.3, 0.4) is 0 Å². The van der Waals surface area contributed by atoms with Gasteiger partial charge in [-0.3, -0.25) is 19.9 Å². The highest BCUT2D eigenvalue weighted by molar-refractivity contribution is 6.07. The van der Waals surface area contributed by atoms with Gasteiger partial charge >= 0.3 is 11.9 Å². The van der Waals surface area contributed by atoms with E-state index in [-0.39, 0.29) is 17.9 Å². The number of nitro benzene ring substituents is 1. The fraction of sp³-hybridized carbons (Fsp3) is 0.393. The van der Waals surface area contributed by atoms with E-state index in [9.17, 15) is 19.7 Å². The summed E-state index contributed by atoms with van der Waals surface area (Å²) in [6, 6.07) is 13.6. The minimum atomic E-state index is -0.927. The zero-order chi connectivity index (χ0) is 27.7. The molecule has 202 valence electrons. The predicted octanol–water partition coefficient (Wildman–Crippen LogP) is 4.42. The first-order chi connectivity index (χ1) is 18.3. The quantitative estimate of drug-likeness (QED) is 0.173. The van der Waals surface area contributed by atoms with Gasteiger partial charge in [0.1, 0.15) is 11.7 Å². The number of rotatable bonds is 12. The Morgan fingerprint density at radius 1 is 1.03 bits per heavy atom. The molecule has 0 amide bonds. The number of benzene rings is 2. The molecule has 0 radical (unpaired) electrons. The molecule has 1 aliphatic rings. The van der Waals surface area contributed by atoms with Crippen molar-refractivity contribution in [1.82, 2.24) is 0 Å². The summed E-state index contributed by atoms with van der Waals surface area (Å²) in [4.78, 5) is 41.2. The zero-order valence-corrected chi connectivity index (χ0v) is 22.0. The summed E-state index contributed by atoms with van der Waals surface area (Å²) in [5.74, 6) is -2.31. The second kappa shape index (κ2) is 13.5. The second-order valence-electron chi connectivity index (χ2n) is 8.81. The number of hydrogen-bond acceptors (Lipinski definition) is 9. The van der Waals surface area contributed by atoms with Crippen LogP contribution in [0.5, 0.6) is 5.75 Å². The van der Waals surface area contributed by atoms with Gasteiger partial charge in [0.15, 0.2) is 0 Å². The number of methoxy groups -OCH3 is 2. The molecule has 2 aromatic carbocycles. The molecular formula is C28H32N2O8. The van der Waals surface area contributed by atoms with Crippen LogP contribution in [-0.2, 0) is 30.2 Å². The molecule has 0 saturated carbocycles. The molecule has 2 aromatic rings. The molecule has 2 unspecified atom stereocenters. The molecule has 0 N–H and O–H groups in total. The molecule has 38 heavy (non-hydrogen) atoms. The molecule has 0 fully saturated rings. The smallest absolute Gasteiger partial charge is 0.336 e. The molecule has 0 aliphatic carbocycles. The molecule has 10 nitrogen and oxygen atoms in total. The third kappa shape index (κ3) is 7.04. The van der Waals surface area contributed by atoms with Gasteiger partial charge in [-0.1, -0.05) is 24.3 Å². The van der Waals surface area contributed by atoms with E-state index in [0.717, 1.165) is 12.0 Å². The lowest BCUT2D eigenvalue weighted by atomic mass is 9.75. The number of esters is 2. The Labute approximate surface area is 221 Å². The highest BCUT2D eigenvalue weighted by Gasteiger charge is 2.42. The zero-order valence-electron chi connectivity index (χ0n) is 22.0. The summed E-state index contributed by atoms with van der Waals surface area (Å²) in [6.07, 6.45) is 1.26. The van der Waals surface area contributed by atoms with Crippen molar-refractivity contribution >= 4 is 23.3 Å². The van der Waals surface area contributed by atoms with Crippen LogP contribution < -0.4 is 4.74 Å². The Morgan fingerprint density at radius 3 is 2.42 bits per heavy atom. The van der Waals surface area contributed by atoms with Crippen molar-refractivity contribution < 1.29 is 33.5 Å². The fourth-order valence-corrected chi connectivity index (χ4v) is 4.39. The lowest BCUT2D eigenvalue weighted by Gasteiger charge is -2.31. The van der Waals surface area contributed by atoms with Gasteiger partial charge < -0.3 is 18.9 Å². The molecule has 0 saturated heterocycles. The Bertz CT molecular complexity index is 1220. The minimum absolute atomic E-state index is 0.0782. The van der Waals surface area contributed by atoms with Crippen LogP contribution in [0.1, 0.15) is 37.3 Å². The molecular weight excluding hydrogens is 492 g/mol. The lowest BCUT2D eigenvalue weighted by molar-refractivity contribution is -0.384. The number of nitrogens with zero attached hydrogens (tertiary/aromatic N) is 2. The number of ether oxygens (including phenoxy) is 4. The van der Waals surface area contributed by atoms with Gasteiger partial charge in [0, 0.05) is 43.0 Å². The Balaban J connectivity index is 1.70. The maximum absolute atomic E-state index is 13.2. The number of carbonyl (C=O) groups is 2. The van der Waals surface area contributed by atoms with E-state index in [2.05, 4.69) is 4.99 Å². The first-order valence-electron chi connectivity index (χ1n) is 12.2. The summed E-state index contributed by atoms with van der Waals surface area (Å²) in [5.41, 5.74) is 2.41. The molecule has 10 heteroatoms. The molecule has 0 spiro atoms. The minimum Gasteiger partial charge on any atom is -0.493 e. The summed E-state index contributed by atoms with van der Waals surface area (Å²) < 4.78 is 21.3. The van der Waals surface area contributed by atoms with Crippen molar-refractivity contribution in [2.75, 3.05) is 34.0 Å².